The molecule has 0 bridgehead atoms. The molecule has 8 heteroatoms. The molecule has 1 aliphatic heterocycles. The van der Waals surface area contributed by atoms with Gasteiger partial charge >= 0.3 is 12.1 Å². The molecular formula is C34H53NO6S. The third-order valence-electron chi connectivity index (χ3n) is 8.27. The summed E-state index contributed by atoms with van der Waals surface area (Å²) in [6.45, 7) is 17.1. The lowest BCUT2D eigenvalue weighted by atomic mass is 9.83. The Kier molecular flexibility index (Phi) is 16.3. The molecule has 236 valence electrons. The summed E-state index contributed by atoms with van der Waals surface area (Å²) in [7, 11) is 0. The molecule has 0 spiro atoms. The van der Waals surface area contributed by atoms with Gasteiger partial charge in [0.1, 0.15) is 5.76 Å². The van der Waals surface area contributed by atoms with Crippen molar-refractivity contribution in [2.45, 2.75) is 99.8 Å². The van der Waals surface area contributed by atoms with Crippen molar-refractivity contribution in [1.82, 2.24) is 4.90 Å². The van der Waals surface area contributed by atoms with Crippen molar-refractivity contribution in [1.29, 1.82) is 0 Å². The smallest absolute Gasteiger partial charge is 0.415 e. The number of piperidine rings is 1. The van der Waals surface area contributed by atoms with Crippen molar-refractivity contribution in [3.05, 3.63) is 44.9 Å². The van der Waals surface area contributed by atoms with Gasteiger partial charge in [0.05, 0.1) is 12.5 Å². The molecule has 42 heavy (non-hydrogen) atoms. The number of nitrogens with zero attached hydrogens (tertiary/aromatic N) is 1. The Hall–Kier alpha value is -2.32. The predicted molar refractivity (Wildman–Crippen MR) is 171 cm³/mol. The average Bonchev–Trinajstić information content (AvgIpc) is 3.01. The molecule has 1 saturated heterocycles. The number of ether oxygens (including phenoxy) is 3. The summed E-state index contributed by atoms with van der Waals surface area (Å²) in [5.74, 6) is -0.0587. The molecule has 7 nitrogen and oxygen atoms in total. The molecule has 0 aromatic carbocycles. The van der Waals surface area contributed by atoms with Gasteiger partial charge in [-0.25, -0.2) is 4.79 Å². The summed E-state index contributed by atoms with van der Waals surface area (Å²) in [6, 6.07) is 0. The van der Waals surface area contributed by atoms with Gasteiger partial charge in [-0.1, -0.05) is 50.3 Å². The first-order chi connectivity index (χ1) is 20.2. The second-order valence-corrected chi connectivity index (χ2v) is 12.4. The van der Waals surface area contributed by atoms with Crippen molar-refractivity contribution >= 4 is 29.6 Å². The average molecular weight is 604 g/mol. The minimum absolute atomic E-state index is 0.0529. The zero-order valence-electron chi connectivity index (χ0n) is 27.0. The van der Waals surface area contributed by atoms with Crippen molar-refractivity contribution in [3.8, 4) is 0 Å². The summed E-state index contributed by atoms with van der Waals surface area (Å²) in [5.41, 5.74) is 1.96. The first kappa shape index (κ1) is 35.9. The fourth-order valence-electron chi connectivity index (χ4n) is 5.11. The van der Waals surface area contributed by atoms with Crippen molar-refractivity contribution in [2.75, 3.05) is 32.9 Å². The summed E-state index contributed by atoms with van der Waals surface area (Å²) in [5, 5.41) is 0. The standard InChI is InChI=1S/C34H53NO6S/c1-8-24(5)31(42-28(9-2)15-14-22-39-10-3)23-25(6)26(7)32(36)29-16-12-13-17-30(29)41-34(38)35-20-18-27(19-21-35)33(37)40-11-4/h9,13,17,25-27H,8,10-12,14-16,18-23H2,1-7H3. The second kappa shape index (κ2) is 19.1. The van der Waals surface area contributed by atoms with E-state index in [0.29, 0.717) is 50.3 Å². The highest BCUT2D eigenvalue weighted by molar-refractivity contribution is 8.06. The minimum Gasteiger partial charge on any atom is -0.466 e. The lowest BCUT2D eigenvalue weighted by Gasteiger charge is -2.30. The first-order valence-corrected chi connectivity index (χ1v) is 16.6. The molecule has 1 amide bonds. The predicted octanol–water partition coefficient (Wildman–Crippen LogP) is 8.37. The van der Waals surface area contributed by atoms with Crippen molar-refractivity contribution < 1.29 is 28.6 Å². The molecule has 0 radical (unpaired) electrons. The molecule has 1 aliphatic carbocycles. The zero-order valence-corrected chi connectivity index (χ0v) is 27.8. The van der Waals surface area contributed by atoms with Crippen LogP contribution in [0, 0.1) is 17.8 Å². The van der Waals surface area contributed by atoms with Crippen LogP contribution in [-0.2, 0) is 23.8 Å². The maximum atomic E-state index is 13.8. The third kappa shape index (κ3) is 11.1. The Balaban J connectivity index is 2.07. The van der Waals surface area contributed by atoms with E-state index in [2.05, 4.69) is 33.8 Å². The molecule has 2 unspecified atom stereocenters. The molecule has 0 aromatic rings. The van der Waals surface area contributed by atoms with Gasteiger partial charge in [-0.3, -0.25) is 9.59 Å². The Morgan fingerprint density at radius 2 is 1.83 bits per heavy atom. The number of allylic oxidation sites excluding steroid dienone is 7. The number of amides is 1. The Morgan fingerprint density at radius 1 is 1.12 bits per heavy atom. The lowest BCUT2D eigenvalue weighted by molar-refractivity contribution is -0.149. The Labute approximate surface area is 258 Å². The van der Waals surface area contributed by atoms with E-state index in [4.69, 9.17) is 14.2 Å². The monoisotopic (exact) mass is 603 g/mol. The van der Waals surface area contributed by atoms with Crippen LogP contribution in [-0.4, -0.2) is 55.7 Å². The topological polar surface area (TPSA) is 82.1 Å². The molecule has 2 aliphatic rings. The minimum atomic E-state index is -0.465. The van der Waals surface area contributed by atoms with E-state index in [1.807, 2.05) is 31.7 Å². The Bertz CT molecular complexity index is 1030. The van der Waals surface area contributed by atoms with Crippen LogP contribution in [0.15, 0.2) is 44.9 Å². The normalized spacial score (nSPS) is 18.5. The fraction of sp³-hybridized carbons (Fsp3) is 0.676. The largest absolute Gasteiger partial charge is 0.466 e. The first-order valence-electron chi connectivity index (χ1n) is 15.8. The maximum absolute atomic E-state index is 13.8. The summed E-state index contributed by atoms with van der Waals surface area (Å²) < 4.78 is 16.5. The quantitative estimate of drug-likeness (QED) is 0.129. The molecule has 1 fully saturated rings. The van der Waals surface area contributed by atoms with E-state index in [1.165, 1.54) is 15.4 Å². The van der Waals surface area contributed by atoms with E-state index >= 15 is 0 Å². The number of esters is 1. The number of carbonyl (C=O) groups is 3. The number of likely N-dealkylation sites (tertiary alicyclic amines) is 1. The highest BCUT2D eigenvalue weighted by Gasteiger charge is 2.32. The number of carbonyl (C=O) groups excluding carboxylic acids is 3. The van der Waals surface area contributed by atoms with Crippen LogP contribution >= 0.6 is 11.8 Å². The van der Waals surface area contributed by atoms with Crippen molar-refractivity contribution in [3.63, 3.8) is 0 Å². The highest BCUT2D eigenvalue weighted by Crippen LogP contribution is 2.38. The van der Waals surface area contributed by atoms with Crippen LogP contribution in [0.2, 0.25) is 0 Å². The van der Waals surface area contributed by atoms with Crippen LogP contribution in [0.5, 0.6) is 0 Å². The molecule has 2 atom stereocenters. The molecule has 0 saturated carbocycles. The van der Waals surface area contributed by atoms with Gasteiger partial charge in [-0.05, 0) is 101 Å². The molecule has 0 N–H and O–H groups in total. The Morgan fingerprint density at radius 3 is 2.45 bits per heavy atom. The van der Waals surface area contributed by atoms with Gasteiger partial charge in [-0.2, -0.15) is 0 Å². The van der Waals surface area contributed by atoms with Gasteiger partial charge in [0, 0.05) is 37.8 Å². The van der Waals surface area contributed by atoms with E-state index in [-0.39, 0.29) is 29.5 Å². The van der Waals surface area contributed by atoms with Gasteiger partial charge in [0.25, 0.3) is 0 Å². The van der Waals surface area contributed by atoms with Crippen molar-refractivity contribution in [2.24, 2.45) is 17.8 Å². The molecule has 0 aromatic heterocycles. The van der Waals surface area contributed by atoms with Gasteiger partial charge in [0.2, 0.25) is 0 Å². The summed E-state index contributed by atoms with van der Waals surface area (Å²) >= 11 is 1.85. The summed E-state index contributed by atoms with van der Waals surface area (Å²) in [6.07, 6.45) is 11.6. The van der Waals surface area contributed by atoms with Crippen LogP contribution in [0.4, 0.5) is 4.79 Å². The zero-order chi connectivity index (χ0) is 31.1. The van der Waals surface area contributed by atoms with Crippen LogP contribution in [0.25, 0.3) is 0 Å². The van der Waals surface area contributed by atoms with E-state index < -0.39 is 6.09 Å². The molecule has 2 rings (SSSR count). The number of hydrogen-bond donors (Lipinski definition) is 0. The second-order valence-electron chi connectivity index (χ2n) is 11.2. The van der Waals surface area contributed by atoms with E-state index in [1.54, 1.807) is 17.9 Å². The maximum Gasteiger partial charge on any atom is 0.415 e. The van der Waals surface area contributed by atoms with E-state index in [9.17, 15) is 14.4 Å². The number of Topliss-reactive ketones (excluding diaryl/α,β-unsaturated/α-hetero) is 1. The number of ketones is 1. The van der Waals surface area contributed by atoms with Gasteiger partial charge in [-0.15, -0.1) is 0 Å². The number of hydrogen-bond acceptors (Lipinski definition) is 7. The highest BCUT2D eigenvalue weighted by atomic mass is 32.2. The van der Waals surface area contributed by atoms with Crippen LogP contribution < -0.4 is 0 Å². The fourth-order valence-corrected chi connectivity index (χ4v) is 6.45. The van der Waals surface area contributed by atoms with Gasteiger partial charge < -0.3 is 19.1 Å². The lowest BCUT2D eigenvalue weighted by Crippen LogP contribution is -2.41. The SMILES string of the molecule is CC=C(CCCOCC)SC(CC(C)C(C)C(=O)C1=C(OC(=O)N2CCC(C(=O)OCC)CC2)C=CCC1)=C(C)CC. The number of thioether (sulfide) groups is 1. The third-order valence-corrected chi connectivity index (χ3v) is 9.73. The van der Waals surface area contributed by atoms with Gasteiger partial charge in [0.15, 0.2) is 5.78 Å². The molecule has 1 heterocycles. The van der Waals surface area contributed by atoms with Crippen LogP contribution in [0.3, 0.4) is 0 Å². The summed E-state index contributed by atoms with van der Waals surface area (Å²) in [4.78, 5) is 43.2. The van der Waals surface area contributed by atoms with Crippen LogP contribution in [0.1, 0.15) is 99.8 Å². The van der Waals surface area contributed by atoms with E-state index in [0.717, 1.165) is 45.3 Å². The molecular weight excluding hydrogens is 550 g/mol. The number of rotatable bonds is 16.